The predicted molar refractivity (Wildman–Crippen MR) is 62.0 cm³/mol. The van der Waals surface area contributed by atoms with E-state index in [0.717, 1.165) is 5.56 Å². The van der Waals surface area contributed by atoms with Gasteiger partial charge in [-0.3, -0.25) is 5.10 Å². The quantitative estimate of drug-likeness (QED) is 0.858. The molecule has 0 saturated heterocycles. The van der Waals surface area contributed by atoms with Crippen molar-refractivity contribution < 1.29 is 8.42 Å². The van der Waals surface area contributed by atoms with Crippen molar-refractivity contribution in [2.75, 3.05) is 0 Å². The minimum Gasteiger partial charge on any atom is -0.262 e. The van der Waals surface area contributed by atoms with Gasteiger partial charge in [-0.1, -0.05) is 29.8 Å². The molecule has 90 valence electrons. The van der Waals surface area contributed by atoms with Gasteiger partial charge in [-0.15, -0.1) is 5.10 Å². The van der Waals surface area contributed by atoms with Crippen LogP contribution in [0.1, 0.15) is 11.4 Å². The van der Waals surface area contributed by atoms with E-state index in [9.17, 15) is 8.42 Å². The monoisotopic (exact) mass is 272 g/mol. The molecule has 0 atom stereocenters. The van der Waals surface area contributed by atoms with Crippen molar-refractivity contribution in [1.29, 1.82) is 0 Å². The highest BCUT2D eigenvalue weighted by atomic mass is 35.5. The summed E-state index contributed by atoms with van der Waals surface area (Å²) in [5, 5.41) is 11.1. The maximum atomic E-state index is 11.0. The number of nitrogens with two attached hydrogens (primary N) is 1. The van der Waals surface area contributed by atoms with Gasteiger partial charge in [-0.2, -0.15) is 0 Å². The highest BCUT2D eigenvalue weighted by Gasteiger charge is 2.15. The number of hydrogen-bond acceptors (Lipinski definition) is 4. The molecule has 17 heavy (non-hydrogen) atoms. The van der Waals surface area contributed by atoms with Gasteiger partial charge in [0.2, 0.25) is 0 Å². The first kappa shape index (κ1) is 12.0. The van der Waals surface area contributed by atoms with E-state index >= 15 is 0 Å². The summed E-state index contributed by atoms with van der Waals surface area (Å²) in [5.41, 5.74) is 0.825. The molecule has 1 aromatic heterocycles. The van der Waals surface area contributed by atoms with E-state index in [0.29, 0.717) is 17.3 Å². The maximum Gasteiger partial charge on any atom is 0.282 e. The van der Waals surface area contributed by atoms with Crippen LogP contribution in [0.15, 0.2) is 29.4 Å². The molecule has 2 rings (SSSR count). The Morgan fingerprint density at radius 2 is 2.06 bits per heavy atom. The molecule has 0 saturated carbocycles. The molecule has 3 N–H and O–H groups in total. The fourth-order valence-electron chi connectivity index (χ4n) is 1.31. The lowest BCUT2D eigenvalue weighted by Gasteiger charge is -1.99. The van der Waals surface area contributed by atoms with Gasteiger partial charge in [0.25, 0.3) is 15.2 Å². The smallest absolute Gasteiger partial charge is 0.262 e. The molecule has 1 aromatic carbocycles. The van der Waals surface area contributed by atoms with E-state index in [2.05, 4.69) is 15.2 Å². The van der Waals surface area contributed by atoms with Crippen LogP contribution in [0.5, 0.6) is 0 Å². The molecule has 0 amide bonds. The van der Waals surface area contributed by atoms with E-state index in [1.54, 1.807) is 6.07 Å². The van der Waals surface area contributed by atoms with Crippen molar-refractivity contribution in [3.63, 3.8) is 0 Å². The topological polar surface area (TPSA) is 102 Å². The molecule has 0 fully saturated rings. The predicted octanol–water partition coefficient (Wildman–Crippen LogP) is 0.696. The summed E-state index contributed by atoms with van der Waals surface area (Å²) in [6, 6.07) is 7.20. The van der Waals surface area contributed by atoms with Gasteiger partial charge in [0.1, 0.15) is 5.82 Å². The van der Waals surface area contributed by atoms with Crippen molar-refractivity contribution in [3.05, 3.63) is 40.7 Å². The normalized spacial score (nSPS) is 11.6. The van der Waals surface area contributed by atoms with E-state index in [1.807, 2.05) is 18.2 Å². The van der Waals surface area contributed by atoms with Gasteiger partial charge in [-0.05, 0) is 11.6 Å². The first-order valence-corrected chi connectivity index (χ1v) is 6.57. The molecule has 1 heterocycles. The van der Waals surface area contributed by atoms with Crippen LogP contribution in [0.25, 0.3) is 0 Å². The molecule has 0 spiro atoms. The third-order valence-electron chi connectivity index (χ3n) is 2.08. The number of halogens is 1. The zero-order valence-corrected chi connectivity index (χ0v) is 10.2. The molecule has 0 aliphatic heterocycles. The second-order valence-electron chi connectivity index (χ2n) is 3.38. The average Bonchev–Trinajstić information content (AvgIpc) is 2.69. The third kappa shape index (κ3) is 2.82. The maximum absolute atomic E-state index is 11.0. The van der Waals surface area contributed by atoms with Crippen LogP contribution in [0, 0.1) is 0 Å². The number of primary sulfonamides is 1. The van der Waals surface area contributed by atoms with Gasteiger partial charge >= 0.3 is 0 Å². The third-order valence-corrected chi connectivity index (χ3v) is 3.14. The summed E-state index contributed by atoms with van der Waals surface area (Å²) in [6.07, 6.45) is 0.363. The Bertz CT molecular complexity index is 638. The molecule has 0 aliphatic carbocycles. The summed E-state index contributed by atoms with van der Waals surface area (Å²) in [7, 11) is -3.87. The van der Waals surface area contributed by atoms with E-state index in [1.165, 1.54) is 0 Å². The lowest BCUT2D eigenvalue weighted by atomic mass is 10.1. The van der Waals surface area contributed by atoms with Crippen LogP contribution < -0.4 is 5.14 Å². The fourth-order valence-corrected chi connectivity index (χ4v) is 1.92. The van der Waals surface area contributed by atoms with Crippen LogP contribution in [0.3, 0.4) is 0 Å². The Morgan fingerprint density at radius 1 is 1.35 bits per heavy atom. The second kappa shape index (κ2) is 4.44. The SMILES string of the molecule is NS(=O)(=O)c1n[nH]c(Cc2ccccc2Cl)n1. The number of nitrogens with zero attached hydrogens (tertiary/aromatic N) is 2. The number of hydrogen-bond donors (Lipinski definition) is 2. The zero-order chi connectivity index (χ0) is 12.5. The van der Waals surface area contributed by atoms with Gasteiger partial charge < -0.3 is 0 Å². The Balaban J connectivity index is 2.26. The van der Waals surface area contributed by atoms with Crippen molar-refractivity contribution in [3.8, 4) is 0 Å². The molecular weight excluding hydrogens is 264 g/mol. The molecule has 0 radical (unpaired) electrons. The zero-order valence-electron chi connectivity index (χ0n) is 8.59. The number of aromatic amines is 1. The van der Waals surface area contributed by atoms with Crippen molar-refractivity contribution in [2.24, 2.45) is 5.14 Å². The summed E-state index contributed by atoms with van der Waals surface area (Å²) < 4.78 is 21.9. The van der Waals surface area contributed by atoms with Crippen molar-refractivity contribution in [1.82, 2.24) is 15.2 Å². The Hall–Kier alpha value is -1.44. The molecule has 6 nitrogen and oxygen atoms in total. The summed E-state index contributed by atoms with van der Waals surface area (Å²) in [5.74, 6) is 0.391. The summed E-state index contributed by atoms with van der Waals surface area (Å²) in [6.45, 7) is 0. The number of nitrogens with one attached hydrogen (secondary N) is 1. The lowest BCUT2D eigenvalue weighted by Crippen LogP contribution is -2.14. The molecular formula is C9H9ClN4O2S. The molecule has 0 aliphatic rings. The van der Waals surface area contributed by atoms with Crippen molar-refractivity contribution in [2.45, 2.75) is 11.6 Å². The molecule has 2 aromatic rings. The molecule has 0 unspecified atom stereocenters. The number of H-pyrrole nitrogens is 1. The van der Waals surface area contributed by atoms with E-state index in [-0.39, 0.29) is 0 Å². The van der Waals surface area contributed by atoms with Crippen molar-refractivity contribution >= 4 is 21.6 Å². The van der Waals surface area contributed by atoms with Crippen LogP contribution in [-0.4, -0.2) is 23.6 Å². The first-order chi connectivity index (χ1) is 7.97. The van der Waals surface area contributed by atoms with Crippen LogP contribution in [0.2, 0.25) is 5.02 Å². The largest absolute Gasteiger partial charge is 0.282 e. The number of sulfonamides is 1. The highest BCUT2D eigenvalue weighted by molar-refractivity contribution is 7.89. The van der Waals surface area contributed by atoms with E-state index < -0.39 is 15.2 Å². The Labute approximate surface area is 103 Å². The molecule has 8 heteroatoms. The minimum atomic E-state index is -3.87. The van der Waals surface area contributed by atoms with Gasteiger partial charge in [0.05, 0.1) is 0 Å². The second-order valence-corrected chi connectivity index (χ2v) is 5.24. The standard InChI is InChI=1S/C9H9ClN4O2S/c10-7-4-2-1-3-6(7)5-8-12-9(14-13-8)17(11,15)16/h1-4H,5H2,(H2,11,15,16)(H,12,13,14). The number of benzene rings is 1. The van der Waals surface area contributed by atoms with Crippen LogP contribution in [-0.2, 0) is 16.4 Å². The fraction of sp³-hybridized carbons (Fsp3) is 0.111. The van der Waals surface area contributed by atoms with Gasteiger partial charge in [0.15, 0.2) is 0 Å². The highest BCUT2D eigenvalue weighted by Crippen LogP contribution is 2.17. The Morgan fingerprint density at radius 3 is 2.65 bits per heavy atom. The van der Waals surface area contributed by atoms with E-state index in [4.69, 9.17) is 16.7 Å². The summed E-state index contributed by atoms with van der Waals surface area (Å²) in [4.78, 5) is 3.78. The van der Waals surface area contributed by atoms with Gasteiger partial charge in [0, 0.05) is 11.4 Å². The minimum absolute atomic E-state index is 0.363. The summed E-state index contributed by atoms with van der Waals surface area (Å²) >= 11 is 5.97. The number of rotatable bonds is 3. The van der Waals surface area contributed by atoms with Crippen LogP contribution in [0.4, 0.5) is 0 Å². The number of aromatic nitrogens is 3. The van der Waals surface area contributed by atoms with Gasteiger partial charge in [-0.25, -0.2) is 18.5 Å². The average molecular weight is 273 g/mol. The van der Waals surface area contributed by atoms with Crippen LogP contribution >= 0.6 is 11.6 Å². The molecule has 0 bridgehead atoms. The lowest BCUT2D eigenvalue weighted by molar-refractivity contribution is 0.589. The Kier molecular flexibility index (Phi) is 3.14. The first-order valence-electron chi connectivity index (χ1n) is 4.64.